The third-order valence-corrected chi connectivity index (χ3v) is 1.71. The normalized spacial score (nSPS) is 10.6. The largest absolute Gasteiger partial charge is 0.386 e. The smallest absolute Gasteiger partial charge is 0.281 e. The average molecular weight is 224 g/mol. The Hall–Kier alpha value is -2.31. The first-order valence-electron chi connectivity index (χ1n) is 4.28. The maximum absolute atomic E-state index is 13.3. The summed E-state index contributed by atoms with van der Waals surface area (Å²) in [7, 11) is 0. The number of hydrogen-bond acceptors (Lipinski definition) is 4. The Kier molecular flexibility index (Phi) is 3.65. The number of rotatable bonds is 4. The van der Waals surface area contributed by atoms with E-state index < -0.39 is 10.7 Å². The second-order valence-electron chi connectivity index (χ2n) is 2.92. The Bertz CT molecular complexity index is 459. The highest BCUT2D eigenvalue weighted by atomic mass is 19.1. The molecule has 1 aromatic carbocycles. The Morgan fingerprint density at radius 1 is 1.69 bits per heavy atom. The number of amidine groups is 1. The van der Waals surface area contributed by atoms with Crippen LogP contribution in [0.2, 0.25) is 0 Å². The van der Waals surface area contributed by atoms with Crippen molar-refractivity contribution in [2.45, 2.75) is 0 Å². The van der Waals surface area contributed by atoms with Crippen molar-refractivity contribution in [2.75, 3.05) is 6.54 Å². The first-order valence-corrected chi connectivity index (χ1v) is 4.28. The second kappa shape index (κ2) is 4.96. The molecule has 0 atom stereocenters. The fourth-order valence-electron chi connectivity index (χ4n) is 1.05. The maximum atomic E-state index is 13.3. The van der Waals surface area contributed by atoms with E-state index in [2.05, 4.69) is 4.99 Å². The molecule has 0 spiro atoms. The lowest BCUT2D eigenvalue weighted by Crippen LogP contribution is -2.13. The van der Waals surface area contributed by atoms with Gasteiger partial charge in [-0.15, -0.1) is 0 Å². The second-order valence-corrected chi connectivity index (χ2v) is 2.92. The van der Waals surface area contributed by atoms with Crippen molar-refractivity contribution in [1.29, 1.82) is 5.41 Å². The van der Waals surface area contributed by atoms with Gasteiger partial charge in [0.1, 0.15) is 17.2 Å². The van der Waals surface area contributed by atoms with Crippen molar-refractivity contribution < 1.29 is 9.31 Å². The number of benzene rings is 1. The number of hydrogen-bond donors (Lipinski definition) is 2. The van der Waals surface area contributed by atoms with E-state index >= 15 is 0 Å². The van der Waals surface area contributed by atoms with E-state index in [1.165, 1.54) is 12.1 Å². The van der Waals surface area contributed by atoms with E-state index in [1.54, 1.807) is 0 Å². The van der Waals surface area contributed by atoms with Gasteiger partial charge in [-0.1, -0.05) is 6.07 Å². The van der Waals surface area contributed by atoms with E-state index in [4.69, 9.17) is 11.1 Å². The Balaban J connectivity index is 3.06. The summed E-state index contributed by atoms with van der Waals surface area (Å²) in [5, 5.41) is 17.5. The molecule has 0 aromatic heterocycles. The van der Waals surface area contributed by atoms with Gasteiger partial charge in [-0.05, 0) is 6.07 Å². The van der Waals surface area contributed by atoms with E-state index in [0.717, 1.165) is 12.3 Å². The third kappa shape index (κ3) is 2.84. The number of nitrogens with zero attached hydrogens (tertiary/aromatic N) is 2. The van der Waals surface area contributed by atoms with Crippen molar-refractivity contribution in [1.82, 2.24) is 0 Å². The Morgan fingerprint density at radius 2 is 2.38 bits per heavy atom. The van der Waals surface area contributed by atoms with Crippen LogP contribution in [-0.4, -0.2) is 23.5 Å². The molecule has 0 saturated heterocycles. The van der Waals surface area contributed by atoms with Crippen LogP contribution in [0.25, 0.3) is 0 Å². The van der Waals surface area contributed by atoms with Crippen LogP contribution >= 0.6 is 0 Å². The summed E-state index contributed by atoms with van der Waals surface area (Å²) < 4.78 is 13.3. The Morgan fingerprint density at radius 3 is 2.94 bits per heavy atom. The molecule has 0 amide bonds. The van der Waals surface area contributed by atoms with Crippen LogP contribution in [-0.2, 0) is 0 Å². The van der Waals surface area contributed by atoms with Gasteiger partial charge in [-0.2, -0.15) is 0 Å². The third-order valence-electron chi connectivity index (χ3n) is 1.71. The lowest BCUT2D eigenvalue weighted by Gasteiger charge is -1.98. The minimum atomic E-state index is -0.735. The highest BCUT2D eigenvalue weighted by molar-refractivity contribution is 5.88. The molecular weight excluding hydrogens is 215 g/mol. The van der Waals surface area contributed by atoms with Crippen LogP contribution in [0, 0.1) is 21.3 Å². The minimum Gasteiger partial charge on any atom is -0.386 e. The maximum Gasteiger partial charge on any atom is 0.281 e. The minimum absolute atomic E-state index is 0.120. The molecule has 84 valence electrons. The number of halogens is 1. The number of nitro benzene ring substituents is 1. The van der Waals surface area contributed by atoms with Gasteiger partial charge < -0.3 is 5.73 Å². The van der Waals surface area contributed by atoms with E-state index in [0.29, 0.717) is 0 Å². The van der Waals surface area contributed by atoms with E-state index in [9.17, 15) is 14.5 Å². The molecule has 0 aliphatic carbocycles. The average Bonchev–Trinajstić information content (AvgIpc) is 2.19. The number of nitrogens with two attached hydrogens (primary N) is 1. The molecule has 0 fully saturated rings. The molecule has 0 heterocycles. The zero-order valence-electron chi connectivity index (χ0n) is 8.18. The SMILES string of the molecule is N=C(N)CN=Cc1c(F)cccc1[N+](=O)[O-]. The Labute approximate surface area is 90.3 Å². The molecule has 0 aliphatic rings. The molecule has 1 aromatic rings. The number of nitrogens with one attached hydrogen (secondary N) is 1. The van der Waals surface area contributed by atoms with Gasteiger partial charge in [0.2, 0.25) is 0 Å². The van der Waals surface area contributed by atoms with Crippen LogP contribution in [0.4, 0.5) is 10.1 Å². The summed E-state index contributed by atoms with van der Waals surface area (Å²) in [5.74, 6) is -0.934. The van der Waals surface area contributed by atoms with Gasteiger partial charge in [0.25, 0.3) is 5.69 Å². The summed E-state index contributed by atoms with van der Waals surface area (Å²) in [5.41, 5.74) is 4.45. The van der Waals surface area contributed by atoms with Gasteiger partial charge in [0.15, 0.2) is 0 Å². The molecule has 0 bridgehead atoms. The summed E-state index contributed by atoms with van der Waals surface area (Å²) >= 11 is 0. The zero-order chi connectivity index (χ0) is 12.1. The number of aliphatic imine (C=N–C) groups is 1. The lowest BCUT2D eigenvalue weighted by atomic mass is 10.2. The van der Waals surface area contributed by atoms with Gasteiger partial charge in [0.05, 0.1) is 11.5 Å². The molecular formula is C9H9FN4O2. The first-order chi connectivity index (χ1) is 7.52. The monoisotopic (exact) mass is 224 g/mol. The van der Waals surface area contributed by atoms with Gasteiger partial charge in [-0.25, -0.2) is 4.39 Å². The van der Waals surface area contributed by atoms with Crippen LogP contribution < -0.4 is 5.73 Å². The highest BCUT2D eigenvalue weighted by Crippen LogP contribution is 2.18. The van der Waals surface area contributed by atoms with Gasteiger partial charge >= 0.3 is 0 Å². The van der Waals surface area contributed by atoms with E-state index in [1.807, 2.05) is 0 Å². The van der Waals surface area contributed by atoms with Crippen LogP contribution in [0.1, 0.15) is 5.56 Å². The van der Waals surface area contributed by atoms with Crippen molar-refractivity contribution in [3.63, 3.8) is 0 Å². The zero-order valence-corrected chi connectivity index (χ0v) is 8.18. The lowest BCUT2D eigenvalue weighted by molar-refractivity contribution is -0.385. The molecule has 0 radical (unpaired) electrons. The molecule has 1 rings (SSSR count). The predicted molar refractivity (Wildman–Crippen MR) is 57.4 cm³/mol. The van der Waals surface area contributed by atoms with E-state index in [-0.39, 0.29) is 23.6 Å². The van der Waals surface area contributed by atoms with Crippen molar-refractivity contribution in [2.24, 2.45) is 10.7 Å². The topological polar surface area (TPSA) is 105 Å². The molecule has 3 N–H and O–H groups in total. The molecule has 7 heteroatoms. The van der Waals surface area contributed by atoms with Crippen LogP contribution in [0.3, 0.4) is 0 Å². The van der Waals surface area contributed by atoms with Gasteiger partial charge in [0, 0.05) is 12.3 Å². The molecule has 6 nitrogen and oxygen atoms in total. The highest BCUT2D eigenvalue weighted by Gasteiger charge is 2.15. The number of nitro groups is 1. The van der Waals surface area contributed by atoms with Crippen LogP contribution in [0.15, 0.2) is 23.2 Å². The van der Waals surface area contributed by atoms with Gasteiger partial charge in [-0.3, -0.25) is 20.5 Å². The standard InChI is InChI=1S/C9H9FN4O2/c10-7-2-1-3-8(14(15)16)6(7)4-13-5-9(11)12/h1-4H,5H2,(H3,11,12). The predicted octanol–water partition coefficient (Wildman–Crippen LogP) is 1.09. The summed E-state index contributed by atoms with van der Waals surface area (Å²) in [4.78, 5) is 13.5. The summed E-state index contributed by atoms with van der Waals surface area (Å²) in [6, 6.07) is 3.52. The molecule has 0 unspecified atom stereocenters. The van der Waals surface area contributed by atoms with Crippen molar-refractivity contribution in [3.8, 4) is 0 Å². The van der Waals surface area contributed by atoms with Crippen LogP contribution in [0.5, 0.6) is 0 Å². The molecule has 16 heavy (non-hydrogen) atoms. The fraction of sp³-hybridized carbons (Fsp3) is 0.111. The van der Waals surface area contributed by atoms with Crippen molar-refractivity contribution >= 4 is 17.7 Å². The molecule has 0 saturated carbocycles. The summed E-state index contributed by atoms with van der Waals surface area (Å²) in [6.45, 7) is -0.120. The first kappa shape index (κ1) is 11.8. The quantitative estimate of drug-likeness (QED) is 0.346. The molecule has 0 aliphatic heterocycles. The summed E-state index contributed by atoms with van der Waals surface area (Å²) in [6.07, 6.45) is 1.01. The fourth-order valence-corrected chi connectivity index (χ4v) is 1.05. The van der Waals surface area contributed by atoms with Crippen molar-refractivity contribution in [3.05, 3.63) is 39.7 Å².